The van der Waals surface area contributed by atoms with Gasteiger partial charge in [0.25, 0.3) is 5.91 Å². The lowest BCUT2D eigenvalue weighted by Gasteiger charge is -2.33. The van der Waals surface area contributed by atoms with E-state index in [1.165, 1.54) is 6.42 Å². The van der Waals surface area contributed by atoms with Gasteiger partial charge in [-0.1, -0.05) is 79.4 Å². The molecule has 1 N–H and O–H groups in total. The number of rotatable bonds is 10. The van der Waals surface area contributed by atoms with Crippen LogP contribution in [-0.4, -0.2) is 35.4 Å². The Kier molecular flexibility index (Phi) is 9.99. The zero-order valence-corrected chi connectivity index (χ0v) is 23.5. The maximum absolute atomic E-state index is 13.8. The van der Waals surface area contributed by atoms with Crippen LogP contribution in [0.15, 0.2) is 78.9 Å². The van der Waals surface area contributed by atoms with Crippen molar-refractivity contribution in [3.8, 4) is 5.75 Å². The molecule has 2 amide bonds. The third-order valence-corrected chi connectivity index (χ3v) is 7.55. The zero-order valence-electron chi connectivity index (χ0n) is 21.4. The second-order valence-electron chi connectivity index (χ2n) is 9.80. The highest BCUT2D eigenvalue weighted by atomic mass is 127. The van der Waals surface area contributed by atoms with Crippen molar-refractivity contribution in [2.45, 2.75) is 64.1 Å². The van der Waals surface area contributed by atoms with Gasteiger partial charge in [0, 0.05) is 22.6 Å². The fourth-order valence-corrected chi connectivity index (χ4v) is 5.22. The number of ether oxygens (including phenoxy) is 1. The van der Waals surface area contributed by atoms with Crippen LogP contribution in [0.5, 0.6) is 5.75 Å². The van der Waals surface area contributed by atoms with Crippen LogP contribution in [0, 0.1) is 10.5 Å². The van der Waals surface area contributed by atoms with Crippen LogP contribution >= 0.6 is 22.6 Å². The van der Waals surface area contributed by atoms with Gasteiger partial charge in [-0.15, -0.1) is 0 Å². The second kappa shape index (κ2) is 13.6. The standard InChI is InChI=1S/C31H35IN2O3/c1-23-9-8-12-25(19-23)21-34(30(35)22-37-28-17-15-26(32)16-18-28)29(20-24-10-4-2-5-11-24)31(36)33-27-13-6-3-7-14-27/h2,4-5,8-12,15-19,27,29H,3,6-7,13-14,20-22H2,1H3,(H,33,36)/t29-/m1/s1. The topological polar surface area (TPSA) is 58.6 Å². The molecular weight excluding hydrogens is 575 g/mol. The van der Waals surface area contributed by atoms with E-state index < -0.39 is 6.04 Å². The van der Waals surface area contributed by atoms with Crippen LogP contribution in [0.3, 0.4) is 0 Å². The SMILES string of the molecule is Cc1cccc(CN(C(=O)COc2ccc(I)cc2)[C@H](Cc2ccccc2)C(=O)NC2CCCCC2)c1. The van der Waals surface area contributed by atoms with Crippen LogP contribution in [0.25, 0.3) is 0 Å². The third-order valence-electron chi connectivity index (χ3n) is 6.83. The van der Waals surface area contributed by atoms with E-state index in [0.717, 1.165) is 45.9 Å². The Labute approximate surface area is 233 Å². The van der Waals surface area contributed by atoms with Crippen molar-refractivity contribution in [1.82, 2.24) is 10.2 Å². The van der Waals surface area contributed by atoms with Crippen LogP contribution in [0.4, 0.5) is 0 Å². The second-order valence-corrected chi connectivity index (χ2v) is 11.0. The minimum atomic E-state index is -0.641. The number of nitrogens with zero attached hydrogens (tertiary/aromatic N) is 1. The first-order valence-electron chi connectivity index (χ1n) is 13.1. The number of nitrogens with one attached hydrogen (secondary N) is 1. The fourth-order valence-electron chi connectivity index (χ4n) is 4.86. The van der Waals surface area contributed by atoms with Crippen LogP contribution in [-0.2, 0) is 22.6 Å². The first kappa shape index (κ1) is 27.2. The van der Waals surface area contributed by atoms with Gasteiger partial charge in [0.2, 0.25) is 5.91 Å². The van der Waals surface area contributed by atoms with Crippen molar-refractivity contribution in [3.63, 3.8) is 0 Å². The van der Waals surface area contributed by atoms with Gasteiger partial charge < -0.3 is 15.0 Å². The van der Waals surface area contributed by atoms with E-state index in [9.17, 15) is 9.59 Å². The van der Waals surface area contributed by atoms with E-state index >= 15 is 0 Å². The summed E-state index contributed by atoms with van der Waals surface area (Å²) >= 11 is 2.24. The third kappa shape index (κ3) is 8.32. The molecule has 1 saturated carbocycles. The average molecular weight is 611 g/mol. The van der Waals surface area contributed by atoms with Gasteiger partial charge in [-0.05, 0) is 77.7 Å². The maximum atomic E-state index is 13.8. The molecule has 1 aliphatic carbocycles. The zero-order chi connectivity index (χ0) is 26.0. The number of halogens is 1. The first-order chi connectivity index (χ1) is 18.0. The molecule has 1 atom stereocenters. The minimum absolute atomic E-state index is 0.0916. The van der Waals surface area contributed by atoms with Gasteiger partial charge in [0.05, 0.1) is 0 Å². The van der Waals surface area contributed by atoms with Crippen LogP contribution < -0.4 is 10.1 Å². The largest absolute Gasteiger partial charge is 0.484 e. The number of hydrogen-bond acceptors (Lipinski definition) is 3. The highest BCUT2D eigenvalue weighted by Crippen LogP contribution is 2.21. The Morgan fingerprint density at radius 3 is 2.35 bits per heavy atom. The number of carbonyl (C=O) groups excluding carboxylic acids is 2. The Hall–Kier alpha value is -2.87. The van der Waals surface area contributed by atoms with Gasteiger partial charge in [0.15, 0.2) is 6.61 Å². The molecule has 0 heterocycles. The van der Waals surface area contributed by atoms with Gasteiger partial charge in [-0.2, -0.15) is 0 Å². The molecule has 0 bridgehead atoms. The quantitative estimate of drug-likeness (QED) is 0.284. The Bertz CT molecular complexity index is 1160. The number of amides is 2. The van der Waals surface area contributed by atoms with E-state index in [-0.39, 0.29) is 24.5 Å². The lowest BCUT2D eigenvalue weighted by molar-refractivity contribution is -0.143. The molecule has 6 heteroatoms. The molecule has 1 fully saturated rings. The van der Waals surface area contributed by atoms with E-state index in [1.54, 1.807) is 4.90 Å². The summed E-state index contributed by atoms with van der Waals surface area (Å²) in [5, 5.41) is 3.28. The summed E-state index contributed by atoms with van der Waals surface area (Å²) in [6, 6.07) is 25.2. The summed E-state index contributed by atoms with van der Waals surface area (Å²) in [7, 11) is 0. The maximum Gasteiger partial charge on any atom is 0.261 e. The smallest absolute Gasteiger partial charge is 0.261 e. The Balaban J connectivity index is 1.60. The predicted octanol–water partition coefficient (Wildman–Crippen LogP) is 6.07. The lowest BCUT2D eigenvalue weighted by atomic mass is 9.94. The van der Waals surface area contributed by atoms with E-state index in [0.29, 0.717) is 18.7 Å². The summed E-state index contributed by atoms with van der Waals surface area (Å²) < 4.78 is 6.97. The molecule has 0 saturated heterocycles. The molecule has 5 nitrogen and oxygen atoms in total. The van der Waals surface area contributed by atoms with E-state index in [1.807, 2.05) is 79.7 Å². The molecule has 3 aromatic rings. The highest BCUT2D eigenvalue weighted by molar-refractivity contribution is 14.1. The van der Waals surface area contributed by atoms with E-state index in [4.69, 9.17) is 4.74 Å². The molecular formula is C31H35IN2O3. The number of benzene rings is 3. The van der Waals surface area contributed by atoms with Crippen molar-refractivity contribution in [1.29, 1.82) is 0 Å². The Morgan fingerprint density at radius 1 is 0.946 bits per heavy atom. The van der Waals surface area contributed by atoms with Gasteiger partial charge >= 0.3 is 0 Å². The van der Waals surface area contributed by atoms with Gasteiger partial charge in [0.1, 0.15) is 11.8 Å². The molecule has 0 unspecified atom stereocenters. The summed E-state index contributed by atoms with van der Waals surface area (Å²) in [6.07, 6.45) is 5.90. The summed E-state index contributed by atoms with van der Waals surface area (Å²) in [5.41, 5.74) is 3.13. The van der Waals surface area contributed by atoms with Crippen molar-refractivity contribution in [2.24, 2.45) is 0 Å². The molecule has 3 aromatic carbocycles. The highest BCUT2D eigenvalue weighted by Gasteiger charge is 2.32. The van der Waals surface area contributed by atoms with Crippen LogP contribution in [0.2, 0.25) is 0 Å². The van der Waals surface area contributed by atoms with Crippen molar-refractivity contribution < 1.29 is 14.3 Å². The minimum Gasteiger partial charge on any atom is -0.484 e. The molecule has 0 radical (unpaired) electrons. The summed E-state index contributed by atoms with van der Waals surface area (Å²) in [6.45, 7) is 2.24. The predicted molar refractivity (Wildman–Crippen MR) is 155 cm³/mol. The Morgan fingerprint density at radius 2 is 1.65 bits per heavy atom. The van der Waals surface area contributed by atoms with Crippen molar-refractivity contribution in [3.05, 3.63) is 99.1 Å². The number of aryl methyl sites for hydroxylation is 1. The first-order valence-corrected chi connectivity index (χ1v) is 14.1. The summed E-state index contributed by atoms with van der Waals surface area (Å²) in [5.74, 6) is 0.335. The molecule has 194 valence electrons. The molecule has 0 aliphatic heterocycles. The number of hydrogen-bond donors (Lipinski definition) is 1. The fraction of sp³-hybridized carbons (Fsp3) is 0.355. The van der Waals surface area contributed by atoms with E-state index in [2.05, 4.69) is 34.0 Å². The molecule has 0 aromatic heterocycles. The average Bonchev–Trinajstić information content (AvgIpc) is 2.91. The number of carbonyl (C=O) groups is 2. The monoisotopic (exact) mass is 610 g/mol. The summed E-state index contributed by atoms with van der Waals surface area (Å²) in [4.78, 5) is 29.2. The lowest BCUT2D eigenvalue weighted by Crippen LogP contribution is -2.53. The molecule has 0 spiro atoms. The normalized spacial score (nSPS) is 14.5. The van der Waals surface area contributed by atoms with Crippen LogP contribution in [0.1, 0.15) is 48.8 Å². The molecule has 37 heavy (non-hydrogen) atoms. The van der Waals surface area contributed by atoms with Crippen molar-refractivity contribution in [2.75, 3.05) is 6.61 Å². The van der Waals surface area contributed by atoms with Gasteiger partial charge in [-0.25, -0.2) is 0 Å². The van der Waals surface area contributed by atoms with Crippen molar-refractivity contribution >= 4 is 34.4 Å². The van der Waals surface area contributed by atoms with Gasteiger partial charge in [-0.3, -0.25) is 9.59 Å². The molecule has 4 rings (SSSR count). The molecule has 1 aliphatic rings.